The second kappa shape index (κ2) is 8.15. The van der Waals surface area contributed by atoms with E-state index in [9.17, 15) is 31.1 Å². The number of carbonyl (C=O) groups is 1. The molecular formula is C16H19F6N3O. The van der Waals surface area contributed by atoms with E-state index in [1.807, 2.05) is 0 Å². The number of hydrogen-bond acceptors (Lipinski definition) is 2. The van der Waals surface area contributed by atoms with Gasteiger partial charge in [0.15, 0.2) is 0 Å². The topological polar surface area (TPSA) is 44.4 Å². The SMILES string of the molecule is O=C(NCc1cccc(C(F)(F)F)c1)NCC1CCN(CC(F)(F)F)C1. The molecule has 1 fully saturated rings. The van der Waals surface area contributed by atoms with Gasteiger partial charge in [0, 0.05) is 19.6 Å². The maximum atomic E-state index is 12.6. The van der Waals surface area contributed by atoms with Crippen molar-refractivity contribution >= 4 is 6.03 Å². The van der Waals surface area contributed by atoms with Crippen molar-refractivity contribution in [3.8, 4) is 0 Å². The third-order valence-corrected chi connectivity index (χ3v) is 4.03. The first-order valence-corrected chi connectivity index (χ1v) is 8.00. The van der Waals surface area contributed by atoms with Crippen LogP contribution < -0.4 is 10.6 Å². The first-order valence-electron chi connectivity index (χ1n) is 8.00. The minimum absolute atomic E-state index is 0.0827. The van der Waals surface area contributed by atoms with E-state index in [1.54, 1.807) is 0 Å². The van der Waals surface area contributed by atoms with Crippen molar-refractivity contribution in [2.45, 2.75) is 25.3 Å². The number of alkyl halides is 6. The zero-order chi connectivity index (χ0) is 19.4. The molecule has 4 nitrogen and oxygen atoms in total. The van der Waals surface area contributed by atoms with Gasteiger partial charge >= 0.3 is 18.4 Å². The summed E-state index contributed by atoms with van der Waals surface area (Å²) in [6, 6.07) is 4.03. The molecule has 0 spiro atoms. The van der Waals surface area contributed by atoms with E-state index in [0.29, 0.717) is 18.5 Å². The number of halogens is 6. The Morgan fingerprint density at radius 1 is 1.15 bits per heavy atom. The molecule has 0 radical (unpaired) electrons. The van der Waals surface area contributed by atoms with Crippen LogP contribution in [0.3, 0.4) is 0 Å². The average molecular weight is 383 g/mol. The summed E-state index contributed by atoms with van der Waals surface area (Å²) in [6.45, 7) is -0.278. The van der Waals surface area contributed by atoms with Crippen LogP contribution in [0.5, 0.6) is 0 Å². The van der Waals surface area contributed by atoms with E-state index < -0.39 is 30.5 Å². The zero-order valence-corrected chi connectivity index (χ0v) is 13.8. The molecule has 1 atom stereocenters. The van der Waals surface area contributed by atoms with E-state index in [-0.39, 0.29) is 25.6 Å². The van der Waals surface area contributed by atoms with Crippen LogP contribution in [-0.2, 0) is 12.7 Å². The van der Waals surface area contributed by atoms with Gasteiger partial charge in [-0.1, -0.05) is 12.1 Å². The van der Waals surface area contributed by atoms with Gasteiger partial charge in [-0.15, -0.1) is 0 Å². The molecule has 2 amide bonds. The molecule has 1 aliphatic heterocycles. The first kappa shape index (κ1) is 20.3. The Labute approximate surface area is 146 Å². The minimum Gasteiger partial charge on any atom is -0.338 e. The van der Waals surface area contributed by atoms with Gasteiger partial charge in [-0.3, -0.25) is 4.90 Å². The highest BCUT2D eigenvalue weighted by Gasteiger charge is 2.34. The van der Waals surface area contributed by atoms with E-state index >= 15 is 0 Å². The van der Waals surface area contributed by atoms with Gasteiger partial charge in [-0.2, -0.15) is 26.3 Å². The quantitative estimate of drug-likeness (QED) is 0.766. The Balaban J connectivity index is 1.72. The highest BCUT2D eigenvalue weighted by atomic mass is 19.4. The third-order valence-electron chi connectivity index (χ3n) is 4.03. The Bertz CT molecular complexity index is 617. The van der Waals surface area contributed by atoms with Gasteiger partial charge in [0.2, 0.25) is 0 Å². The molecule has 1 unspecified atom stereocenters. The molecule has 1 aromatic rings. The summed E-state index contributed by atoms with van der Waals surface area (Å²) in [6.07, 6.45) is -8.16. The number of rotatable bonds is 5. The fourth-order valence-electron chi connectivity index (χ4n) is 2.82. The predicted octanol–water partition coefficient (Wildman–Crippen LogP) is 3.39. The lowest BCUT2D eigenvalue weighted by Crippen LogP contribution is -2.39. The Morgan fingerprint density at radius 3 is 2.54 bits per heavy atom. The van der Waals surface area contributed by atoms with Gasteiger partial charge in [-0.05, 0) is 36.6 Å². The van der Waals surface area contributed by atoms with Gasteiger partial charge in [0.05, 0.1) is 12.1 Å². The molecule has 2 rings (SSSR count). The molecule has 1 aliphatic rings. The van der Waals surface area contributed by atoms with Gasteiger partial charge in [0.1, 0.15) is 0 Å². The van der Waals surface area contributed by atoms with E-state index in [2.05, 4.69) is 10.6 Å². The minimum atomic E-state index is -4.46. The van der Waals surface area contributed by atoms with Gasteiger partial charge in [0.25, 0.3) is 0 Å². The van der Waals surface area contributed by atoms with Crippen molar-refractivity contribution < 1.29 is 31.1 Å². The average Bonchev–Trinajstić information content (AvgIpc) is 2.96. The third kappa shape index (κ3) is 6.74. The molecule has 1 heterocycles. The predicted molar refractivity (Wildman–Crippen MR) is 82.3 cm³/mol. The Kier molecular flexibility index (Phi) is 6.38. The van der Waals surface area contributed by atoms with Crippen LogP contribution in [0.25, 0.3) is 0 Å². The Hall–Kier alpha value is -1.97. The Morgan fingerprint density at radius 2 is 1.88 bits per heavy atom. The monoisotopic (exact) mass is 383 g/mol. The summed E-state index contributed by atoms with van der Waals surface area (Å²) in [5.74, 6) is -0.0864. The number of nitrogens with one attached hydrogen (secondary N) is 2. The van der Waals surface area contributed by atoms with Crippen molar-refractivity contribution in [2.24, 2.45) is 5.92 Å². The molecule has 0 bridgehead atoms. The summed E-state index contributed by atoms with van der Waals surface area (Å²) >= 11 is 0. The molecule has 1 saturated heterocycles. The second-order valence-corrected chi connectivity index (χ2v) is 6.27. The lowest BCUT2D eigenvalue weighted by atomic mass is 10.1. The summed E-state index contributed by atoms with van der Waals surface area (Å²) in [4.78, 5) is 13.0. The maximum absolute atomic E-state index is 12.6. The summed E-state index contributed by atoms with van der Waals surface area (Å²) in [5, 5.41) is 4.98. The summed E-state index contributed by atoms with van der Waals surface area (Å²) < 4.78 is 74.8. The fraction of sp³-hybridized carbons (Fsp3) is 0.562. The van der Waals surface area contributed by atoms with Crippen LogP contribution in [-0.4, -0.2) is 43.3 Å². The lowest BCUT2D eigenvalue weighted by Gasteiger charge is -2.18. The van der Waals surface area contributed by atoms with Crippen LogP contribution in [0, 0.1) is 5.92 Å². The van der Waals surface area contributed by atoms with Crippen molar-refractivity contribution in [1.82, 2.24) is 15.5 Å². The highest BCUT2D eigenvalue weighted by molar-refractivity contribution is 5.73. The molecule has 0 saturated carbocycles. The van der Waals surface area contributed by atoms with Crippen molar-refractivity contribution in [1.29, 1.82) is 0 Å². The molecule has 0 aromatic heterocycles. The zero-order valence-electron chi connectivity index (χ0n) is 13.8. The fourth-order valence-corrected chi connectivity index (χ4v) is 2.82. The maximum Gasteiger partial charge on any atom is 0.416 e. The largest absolute Gasteiger partial charge is 0.416 e. The van der Waals surface area contributed by atoms with Crippen molar-refractivity contribution in [3.63, 3.8) is 0 Å². The molecule has 26 heavy (non-hydrogen) atoms. The van der Waals surface area contributed by atoms with Crippen molar-refractivity contribution in [3.05, 3.63) is 35.4 Å². The lowest BCUT2D eigenvalue weighted by molar-refractivity contribution is -0.143. The number of urea groups is 1. The first-order chi connectivity index (χ1) is 12.0. The van der Waals surface area contributed by atoms with E-state index in [0.717, 1.165) is 12.1 Å². The van der Waals surface area contributed by atoms with Crippen LogP contribution >= 0.6 is 0 Å². The highest BCUT2D eigenvalue weighted by Crippen LogP contribution is 2.29. The smallest absolute Gasteiger partial charge is 0.338 e. The molecule has 0 aliphatic carbocycles. The molecular weight excluding hydrogens is 364 g/mol. The van der Waals surface area contributed by atoms with Crippen LogP contribution in [0.4, 0.5) is 31.1 Å². The van der Waals surface area contributed by atoms with Gasteiger partial charge in [-0.25, -0.2) is 4.79 Å². The number of likely N-dealkylation sites (tertiary alicyclic amines) is 1. The van der Waals surface area contributed by atoms with Crippen LogP contribution in [0.1, 0.15) is 17.5 Å². The number of hydrogen-bond donors (Lipinski definition) is 2. The van der Waals surface area contributed by atoms with Crippen LogP contribution in [0.15, 0.2) is 24.3 Å². The van der Waals surface area contributed by atoms with Crippen LogP contribution in [0.2, 0.25) is 0 Å². The normalized spacial score (nSPS) is 18.8. The molecule has 1 aromatic carbocycles. The number of carbonyl (C=O) groups excluding carboxylic acids is 1. The van der Waals surface area contributed by atoms with Gasteiger partial charge < -0.3 is 10.6 Å². The second-order valence-electron chi connectivity index (χ2n) is 6.27. The number of nitrogens with zero attached hydrogens (tertiary/aromatic N) is 1. The standard InChI is InChI=1S/C16H19F6N3O/c17-15(18,19)10-25-5-4-12(9-25)8-24-14(26)23-7-11-2-1-3-13(6-11)16(20,21)22/h1-3,6,12H,4-5,7-10H2,(H2,23,24,26). The summed E-state index contributed by atoms with van der Waals surface area (Å²) in [5.41, 5.74) is -0.500. The summed E-state index contributed by atoms with van der Waals surface area (Å²) in [7, 11) is 0. The van der Waals surface area contributed by atoms with E-state index in [1.165, 1.54) is 17.0 Å². The number of benzene rings is 1. The van der Waals surface area contributed by atoms with Crippen molar-refractivity contribution in [2.75, 3.05) is 26.2 Å². The molecule has 10 heteroatoms. The molecule has 146 valence electrons. The number of amides is 2. The van der Waals surface area contributed by atoms with E-state index in [4.69, 9.17) is 0 Å². The molecule has 2 N–H and O–H groups in total.